The Bertz CT molecular complexity index is 2310. The number of hydrogen-bond acceptors (Lipinski definition) is 8. The van der Waals surface area contributed by atoms with E-state index in [9.17, 15) is 26.3 Å². The molecule has 2 fully saturated rings. The van der Waals surface area contributed by atoms with Crippen LogP contribution in [0.3, 0.4) is 0 Å². The summed E-state index contributed by atoms with van der Waals surface area (Å²) in [5, 5.41) is 0. The highest BCUT2D eigenvalue weighted by Gasteiger charge is 2.32. The summed E-state index contributed by atoms with van der Waals surface area (Å²) < 4.78 is 95.5. The summed E-state index contributed by atoms with van der Waals surface area (Å²) in [5.74, 6) is -0.182. The van der Waals surface area contributed by atoms with Gasteiger partial charge in [0, 0.05) is 58.3 Å². The Balaban J connectivity index is 0.000000174. The number of ether oxygens (including phenoxy) is 3. The van der Waals surface area contributed by atoms with Crippen LogP contribution in [-0.4, -0.2) is 80.2 Å². The maximum atomic E-state index is 12.6. The minimum atomic E-state index is -4.69. The van der Waals surface area contributed by atoms with Gasteiger partial charge in [-0.15, -0.1) is 13.2 Å². The first-order chi connectivity index (χ1) is 27.1. The van der Waals surface area contributed by atoms with Crippen LogP contribution in [0.15, 0.2) is 96.4 Å². The number of alkyl halides is 6. The van der Waals surface area contributed by atoms with Gasteiger partial charge in [0.15, 0.2) is 0 Å². The Kier molecular flexibility index (Phi) is 12.2. The predicted molar refractivity (Wildman–Crippen MR) is 206 cm³/mol. The second-order valence-electron chi connectivity index (χ2n) is 14.3. The number of halogens is 6. The van der Waals surface area contributed by atoms with Crippen molar-refractivity contribution < 1.29 is 40.6 Å². The van der Waals surface area contributed by atoms with Crippen LogP contribution >= 0.6 is 11.8 Å². The molecule has 302 valence electrons. The van der Waals surface area contributed by atoms with Gasteiger partial charge in [-0.1, -0.05) is 30.3 Å². The van der Waals surface area contributed by atoms with Crippen LogP contribution in [0.4, 0.5) is 26.3 Å². The minimum Gasteiger partial charge on any atom is -0.406 e. The molecule has 0 bridgehead atoms. The summed E-state index contributed by atoms with van der Waals surface area (Å²) in [4.78, 5) is 13.3. The average molecular weight is 813 g/mol. The first-order valence-electron chi connectivity index (χ1n) is 18.3. The molecule has 2 aliphatic heterocycles. The molecule has 57 heavy (non-hydrogen) atoms. The van der Waals surface area contributed by atoms with Crippen LogP contribution in [0, 0.1) is 6.92 Å². The van der Waals surface area contributed by atoms with E-state index in [-0.39, 0.29) is 34.6 Å². The summed E-state index contributed by atoms with van der Waals surface area (Å²) in [6, 6.07) is 23.6. The van der Waals surface area contributed by atoms with E-state index in [1.54, 1.807) is 31.7 Å². The second-order valence-corrected chi connectivity index (χ2v) is 15.4. The molecule has 9 nitrogen and oxygen atoms in total. The third kappa shape index (κ3) is 10.9. The summed E-state index contributed by atoms with van der Waals surface area (Å²) in [7, 11) is 3.91. The predicted octanol–water partition coefficient (Wildman–Crippen LogP) is 9.11. The summed E-state index contributed by atoms with van der Waals surface area (Å²) in [6.07, 6.45) is -1.30. The summed E-state index contributed by atoms with van der Waals surface area (Å²) in [5.41, 5.74) is 4.23. The van der Waals surface area contributed by atoms with Gasteiger partial charge in [0.1, 0.15) is 5.75 Å². The van der Waals surface area contributed by atoms with Crippen molar-refractivity contribution in [1.82, 2.24) is 28.9 Å². The van der Waals surface area contributed by atoms with Gasteiger partial charge in [-0.3, -0.25) is 9.80 Å². The van der Waals surface area contributed by atoms with Crippen LogP contribution in [0.5, 0.6) is 5.75 Å². The number of fused-ring (bicyclic) bond motifs is 2. The smallest absolute Gasteiger partial charge is 0.406 e. The minimum absolute atomic E-state index is 0.0687. The zero-order valence-corrected chi connectivity index (χ0v) is 32.4. The monoisotopic (exact) mass is 812 g/mol. The Morgan fingerprint density at radius 2 is 1.26 bits per heavy atom. The van der Waals surface area contributed by atoms with E-state index >= 15 is 0 Å². The quantitative estimate of drug-likeness (QED) is 0.111. The molecular weight excluding hydrogens is 771 g/mol. The lowest BCUT2D eigenvalue weighted by Crippen LogP contribution is -2.37. The highest BCUT2D eigenvalue weighted by molar-refractivity contribution is 8.00. The van der Waals surface area contributed by atoms with Gasteiger partial charge in [0.25, 0.3) is 0 Å². The molecule has 2 unspecified atom stereocenters. The fourth-order valence-electron chi connectivity index (χ4n) is 7.25. The van der Waals surface area contributed by atoms with Gasteiger partial charge in [-0.05, 0) is 95.0 Å². The van der Waals surface area contributed by atoms with Gasteiger partial charge < -0.3 is 23.3 Å². The van der Waals surface area contributed by atoms with E-state index in [0.29, 0.717) is 45.9 Å². The molecule has 2 saturated heterocycles. The van der Waals surface area contributed by atoms with E-state index in [1.807, 2.05) is 59.6 Å². The van der Waals surface area contributed by atoms with Crippen molar-refractivity contribution in [3.63, 3.8) is 0 Å². The number of hydrogen-bond donors (Lipinski definition) is 0. The standard InChI is InChI=1S/C21H22F3N3O2.C20H20F3N3OS/c1-14-7-15(9-17(8-14)29-21(22,23)24)11-27-5-6-28-20(12-27)16-3-4-18-19(10-16)26(2)13-25-18;1-25-13-24-17-6-5-15(10-18(17)25)19-12-26(7-8-27-19)11-14-3-2-4-16(9-14)28-20(21,22)23/h3-4,7-10,13,20H,5-6,11-12H2,1-2H3;2-6,9-10,13,19H,7-8,11-12H2,1H3. The number of aryl methyl sites for hydroxylation is 3. The third-order valence-corrected chi connectivity index (χ3v) is 10.6. The maximum Gasteiger partial charge on any atom is 0.573 e. The fourth-order valence-corrected chi connectivity index (χ4v) is 7.87. The molecule has 2 aliphatic rings. The Morgan fingerprint density at radius 3 is 1.81 bits per heavy atom. The van der Waals surface area contributed by atoms with Gasteiger partial charge in [-0.25, -0.2) is 9.97 Å². The number of benzene rings is 4. The van der Waals surface area contributed by atoms with Crippen molar-refractivity contribution in [2.45, 2.75) is 49.0 Å². The van der Waals surface area contributed by atoms with Crippen molar-refractivity contribution in [2.24, 2.45) is 14.1 Å². The largest absolute Gasteiger partial charge is 0.573 e. The van der Waals surface area contributed by atoms with E-state index in [1.165, 1.54) is 18.2 Å². The van der Waals surface area contributed by atoms with Crippen LogP contribution in [0.25, 0.3) is 22.1 Å². The molecule has 0 amide bonds. The number of morpholine rings is 2. The number of thioether (sulfide) groups is 1. The SMILES string of the molecule is Cc1cc(CN2CCOC(c3ccc4ncn(C)c4c3)C2)cc(OC(F)(F)F)c1.Cn1cnc2ccc(C3CN(Cc4cccc(SC(F)(F)F)c4)CCO3)cc21. The number of nitrogens with zero attached hydrogens (tertiary/aromatic N) is 6. The van der Waals surface area contributed by atoms with Crippen molar-refractivity contribution in [2.75, 3.05) is 39.4 Å². The van der Waals surface area contributed by atoms with E-state index in [0.717, 1.165) is 56.4 Å². The number of imidazole rings is 2. The van der Waals surface area contributed by atoms with Gasteiger partial charge in [0.2, 0.25) is 0 Å². The fraction of sp³-hybridized carbons (Fsp3) is 0.366. The average Bonchev–Trinajstić information content (AvgIpc) is 3.71. The molecule has 6 aromatic rings. The molecule has 16 heteroatoms. The highest BCUT2D eigenvalue weighted by atomic mass is 32.2. The van der Waals surface area contributed by atoms with E-state index in [4.69, 9.17) is 9.47 Å². The summed E-state index contributed by atoms with van der Waals surface area (Å²) in [6.45, 7) is 6.86. The van der Waals surface area contributed by atoms with Gasteiger partial charge in [-0.2, -0.15) is 13.2 Å². The Morgan fingerprint density at radius 1 is 0.702 bits per heavy atom. The maximum absolute atomic E-state index is 12.6. The molecule has 2 aromatic heterocycles. The third-order valence-electron chi connectivity index (χ3n) is 9.83. The molecule has 4 heterocycles. The lowest BCUT2D eigenvalue weighted by atomic mass is 10.1. The number of aromatic nitrogens is 4. The lowest BCUT2D eigenvalue weighted by molar-refractivity contribution is -0.274. The molecule has 8 rings (SSSR count). The van der Waals surface area contributed by atoms with Crippen molar-refractivity contribution in [3.05, 3.63) is 119 Å². The molecule has 0 aliphatic carbocycles. The van der Waals surface area contributed by atoms with Crippen molar-refractivity contribution in [3.8, 4) is 5.75 Å². The molecule has 0 radical (unpaired) electrons. The Labute approximate surface area is 330 Å². The highest BCUT2D eigenvalue weighted by Crippen LogP contribution is 2.37. The first-order valence-corrected chi connectivity index (χ1v) is 19.2. The Hall–Kier alpha value is -4.61. The van der Waals surface area contributed by atoms with E-state index in [2.05, 4.69) is 36.6 Å². The van der Waals surface area contributed by atoms with Crippen LogP contribution < -0.4 is 4.74 Å². The molecule has 0 spiro atoms. The molecule has 0 N–H and O–H groups in total. The molecular formula is C41H42F6N6O3S. The van der Waals surface area contributed by atoms with Crippen LogP contribution in [0.1, 0.15) is 40.0 Å². The molecule has 0 saturated carbocycles. The van der Waals surface area contributed by atoms with Crippen LogP contribution in [0.2, 0.25) is 0 Å². The number of rotatable bonds is 8. The normalized spacial score (nSPS) is 18.5. The van der Waals surface area contributed by atoms with Crippen molar-refractivity contribution >= 4 is 33.8 Å². The van der Waals surface area contributed by atoms with Crippen LogP contribution in [-0.2, 0) is 36.7 Å². The second kappa shape index (κ2) is 17.1. The zero-order valence-electron chi connectivity index (χ0n) is 31.6. The summed E-state index contributed by atoms with van der Waals surface area (Å²) >= 11 is -0.0738. The first kappa shape index (κ1) is 40.6. The lowest BCUT2D eigenvalue weighted by Gasteiger charge is -2.33. The zero-order chi connectivity index (χ0) is 40.3. The van der Waals surface area contributed by atoms with E-state index < -0.39 is 11.9 Å². The van der Waals surface area contributed by atoms with Gasteiger partial charge in [0.05, 0.1) is 60.1 Å². The van der Waals surface area contributed by atoms with Crippen molar-refractivity contribution in [1.29, 1.82) is 0 Å². The molecule has 4 aromatic carbocycles. The molecule has 2 atom stereocenters. The topological polar surface area (TPSA) is 69.8 Å². The van der Waals surface area contributed by atoms with Gasteiger partial charge >= 0.3 is 11.9 Å².